The number of rotatable bonds is 5. The summed E-state index contributed by atoms with van der Waals surface area (Å²) < 4.78 is 32.0. The van der Waals surface area contributed by atoms with Gasteiger partial charge in [0.2, 0.25) is 11.8 Å². The lowest BCUT2D eigenvalue weighted by molar-refractivity contribution is -0.134. The van der Waals surface area contributed by atoms with E-state index in [0.717, 1.165) is 18.6 Å². The Bertz CT molecular complexity index is 713. The molecule has 2 aliphatic heterocycles. The summed E-state index contributed by atoms with van der Waals surface area (Å²) >= 11 is 0. The molecule has 1 N–H and O–H groups in total. The standard InChI is InChI=1S/C19H25F2N3O3/c1-23(2)19(26)8-15-10-24-9-13(7-14(24)11-27-15)22-18(25)6-12-3-4-16(20)17(21)5-12/h3-5,13-15H,6-11H2,1-2H3,(H,22,25)/t13-,14-,15-/m0/s1. The van der Waals surface area contributed by atoms with E-state index >= 15 is 0 Å². The Hall–Kier alpha value is -2.06. The van der Waals surface area contributed by atoms with Gasteiger partial charge in [0.05, 0.1) is 25.6 Å². The van der Waals surface area contributed by atoms with Crippen LogP contribution in [0.3, 0.4) is 0 Å². The van der Waals surface area contributed by atoms with Gasteiger partial charge in [0.15, 0.2) is 11.6 Å². The highest BCUT2D eigenvalue weighted by atomic mass is 19.2. The van der Waals surface area contributed by atoms with Gasteiger partial charge in [-0.15, -0.1) is 0 Å². The van der Waals surface area contributed by atoms with E-state index in [-0.39, 0.29) is 36.4 Å². The molecule has 0 saturated carbocycles. The van der Waals surface area contributed by atoms with Crippen molar-refractivity contribution in [2.24, 2.45) is 0 Å². The van der Waals surface area contributed by atoms with Gasteiger partial charge >= 0.3 is 0 Å². The molecule has 0 aliphatic carbocycles. The highest BCUT2D eigenvalue weighted by molar-refractivity contribution is 5.79. The van der Waals surface area contributed by atoms with Gasteiger partial charge in [-0.2, -0.15) is 0 Å². The van der Waals surface area contributed by atoms with Crippen LogP contribution in [0.4, 0.5) is 8.78 Å². The van der Waals surface area contributed by atoms with Gasteiger partial charge in [-0.25, -0.2) is 8.78 Å². The number of carbonyl (C=O) groups excluding carboxylic acids is 2. The second-order valence-corrected chi connectivity index (χ2v) is 7.48. The summed E-state index contributed by atoms with van der Waals surface area (Å²) in [5.41, 5.74) is 0.438. The number of halogens is 2. The molecule has 0 aromatic heterocycles. The monoisotopic (exact) mass is 381 g/mol. The number of benzene rings is 1. The third-order valence-electron chi connectivity index (χ3n) is 5.11. The lowest BCUT2D eigenvalue weighted by Crippen LogP contribution is -2.47. The van der Waals surface area contributed by atoms with Crippen LogP contribution >= 0.6 is 0 Å². The predicted octanol–water partition coefficient (Wildman–Crippen LogP) is 0.943. The Kier molecular flexibility index (Phi) is 6.06. The number of fused-ring (bicyclic) bond motifs is 1. The fraction of sp³-hybridized carbons (Fsp3) is 0.579. The Balaban J connectivity index is 1.48. The molecular formula is C19H25F2N3O3. The Labute approximate surface area is 157 Å². The molecule has 1 aromatic carbocycles. The molecule has 2 amide bonds. The van der Waals surface area contributed by atoms with E-state index < -0.39 is 11.6 Å². The SMILES string of the molecule is CN(C)C(=O)C[C@H]1CN2C[C@@H](NC(=O)Cc3ccc(F)c(F)c3)C[C@H]2CO1. The Morgan fingerprint density at radius 1 is 1.26 bits per heavy atom. The second kappa shape index (κ2) is 8.31. The van der Waals surface area contributed by atoms with Crippen LogP contribution in [0, 0.1) is 11.6 Å². The van der Waals surface area contributed by atoms with Gasteiger partial charge in [-0.3, -0.25) is 14.5 Å². The maximum Gasteiger partial charge on any atom is 0.224 e. The number of amides is 2. The van der Waals surface area contributed by atoms with E-state index in [4.69, 9.17) is 4.74 Å². The van der Waals surface area contributed by atoms with Crippen LogP contribution in [-0.4, -0.2) is 73.6 Å². The smallest absolute Gasteiger partial charge is 0.224 e. The minimum Gasteiger partial charge on any atom is -0.375 e. The summed E-state index contributed by atoms with van der Waals surface area (Å²) in [7, 11) is 3.45. The molecule has 0 unspecified atom stereocenters. The summed E-state index contributed by atoms with van der Waals surface area (Å²) in [5.74, 6) is -2.05. The molecule has 8 heteroatoms. The summed E-state index contributed by atoms with van der Waals surface area (Å²) in [6.07, 6.45) is 1.00. The van der Waals surface area contributed by atoms with Crippen LogP contribution in [0.1, 0.15) is 18.4 Å². The first-order valence-corrected chi connectivity index (χ1v) is 9.11. The van der Waals surface area contributed by atoms with Crippen molar-refractivity contribution in [1.82, 2.24) is 15.1 Å². The van der Waals surface area contributed by atoms with E-state index in [0.29, 0.717) is 31.7 Å². The maximum absolute atomic E-state index is 13.3. The highest BCUT2D eigenvalue weighted by Crippen LogP contribution is 2.24. The van der Waals surface area contributed by atoms with Gasteiger partial charge in [-0.05, 0) is 24.1 Å². The average molecular weight is 381 g/mol. The van der Waals surface area contributed by atoms with Gasteiger partial charge in [0, 0.05) is 39.3 Å². The molecule has 0 bridgehead atoms. The number of ether oxygens (including phenoxy) is 1. The van der Waals surface area contributed by atoms with Gasteiger partial charge in [-0.1, -0.05) is 6.07 Å². The van der Waals surface area contributed by atoms with E-state index in [1.807, 2.05) is 0 Å². The lowest BCUT2D eigenvalue weighted by atomic mass is 10.1. The van der Waals surface area contributed by atoms with Crippen LogP contribution < -0.4 is 5.32 Å². The number of nitrogens with one attached hydrogen (secondary N) is 1. The first kappa shape index (κ1) is 19.7. The topological polar surface area (TPSA) is 61.9 Å². The van der Waals surface area contributed by atoms with Crippen LogP contribution in [0.2, 0.25) is 0 Å². The Morgan fingerprint density at radius 3 is 2.74 bits per heavy atom. The molecule has 2 aliphatic rings. The first-order valence-electron chi connectivity index (χ1n) is 9.11. The van der Waals surface area contributed by atoms with Crippen molar-refractivity contribution in [2.75, 3.05) is 33.8 Å². The fourth-order valence-electron chi connectivity index (χ4n) is 3.66. The van der Waals surface area contributed by atoms with Crippen molar-refractivity contribution in [3.63, 3.8) is 0 Å². The van der Waals surface area contributed by atoms with Crippen LogP contribution in [-0.2, 0) is 20.7 Å². The fourth-order valence-corrected chi connectivity index (χ4v) is 3.66. The van der Waals surface area contributed by atoms with E-state index in [1.165, 1.54) is 6.07 Å². The molecule has 3 atom stereocenters. The van der Waals surface area contributed by atoms with Gasteiger partial charge in [0.1, 0.15) is 0 Å². The summed E-state index contributed by atoms with van der Waals surface area (Å²) in [5, 5.41) is 2.96. The quantitative estimate of drug-likeness (QED) is 0.825. The number of hydrogen-bond acceptors (Lipinski definition) is 4. The minimum atomic E-state index is -0.950. The zero-order chi connectivity index (χ0) is 19.6. The number of carbonyl (C=O) groups is 2. The number of hydrogen-bond donors (Lipinski definition) is 1. The van der Waals surface area contributed by atoms with Crippen molar-refractivity contribution < 1.29 is 23.1 Å². The first-order chi connectivity index (χ1) is 12.8. The van der Waals surface area contributed by atoms with Crippen LogP contribution in [0.5, 0.6) is 0 Å². The zero-order valence-electron chi connectivity index (χ0n) is 15.6. The molecule has 2 fully saturated rings. The summed E-state index contributed by atoms with van der Waals surface area (Å²) in [6, 6.07) is 3.70. The van der Waals surface area contributed by atoms with Gasteiger partial charge < -0.3 is 15.0 Å². The summed E-state index contributed by atoms with van der Waals surface area (Å²) in [6.45, 7) is 1.91. The molecular weight excluding hydrogens is 356 g/mol. The molecule has 2 saturated heterocycles. The van der Waals surface area contributed by atoms with Crippen molar-refractivity contribution in [3.05, 3.63) is 35.4 Å². The summed E-state index contributed by atoms with van der Waals surface area (Å²) in [4.78, 5) is 27.9. The maximum atomic E-state index is 13.3. The minimum absolute atomic E-state index is 0.00876. The van der Waals surface area contributed by atoms with Crippen molar-refractivity contribution in [1.29, 1.82) is 0 Å². The van der Waals surface area contributed by atoms with Crippen molar-refractivity contribution in [2.45, 2.75) is 37.5 Å². The van der Waals surface area contributed by atoms with Gasteiger partial charge in [0.25, 0.3) is 0 Å². The van der Waals surface area contributed by atoms with E-state index in [2.05, 4.69) is 10.2 Å². The third-order valence-corrected chi connectivity index (χ3v) is 5.11. The third kappa shape index (κ3) is 5.01. The van der Waals surface area contributed by atoms with E-state index in [9.17, 15) is 18.4 Å². The largest absolute Gasteiger partial charge is 0.375 e. The van der Waals surface area contributed by atoms with Crippen LogP contribution in [0.15, 0.2) is 18.2 Å². The molecule has 148 valence electrons. The van der Waals surface area contributed by atoms with Crippen LogP contribution in [0.25, 0.3) is 0 Å². The molecule has 1 aromatic rings. The normalized spacial score (nSPS) is 25.1. The second-order valence-electron chi connectivity index (χ2n) is 7.48. The molecule has 27 heavy (non-hydrogen) atoms. The zero-order valence-corrected chi connectivity index (χ0v) is 15.6. The average Bonchev–Trinajstić information content (AvgIpc) is 2.99. The molecule has 0 spiro atoms. The number of nitrogens with zero attached hydrogens (tertiary/aromatic N) is 2. The van der Waals surface area contributed by atoms with Crippen molar-refractivity contribution >= 4 is 11.8 Å². The molecule has 2 heterocycles. The molecule has 6 nitrogen and oxygen atoms in total. The number of morpholine rings is 1. The van der Waals surface area contributed by atoms with E-state index in [1.54, 1.807) is 19.0 Å². The lowest BCUT2D eigenvalue weighted by Gasteiger charge is -2.35. The Morgan fingerprint density at radius 2 is 2.04 bits per heavy atom. The van der Waals surface area contributed by atoms with Crippen molar-refractivity contribution in [3.8, 4) is 0 Å². The molecule has 3 rings (SSSR count). The molecule has 0 radical (unpaired) electrons. The highest BCUT2D eigenvalue weighted by Gasteiger charge is 2.38. The predicted molar refractivity (Wildman–Crippen MR) is 95.0 cm³/mol.